The molecule has 184 valence electrons. The van der Waals surface area contributed by atoms with Crippen LogP contribution in [0.5, 0.6) is 5.75 Å². The predicted molar refractivity (Wildman–Crippen MR) is 135 cm³/mol. The number of carbonyl (C=O) groups excluding carboxylic acids is 2. The fourth-order valence-electron chi connectivity index (χ4n) is 6.39. The molecule has 1 saturated carbocycles. The molecule has 1 N–H and O–H groups in total. The number of rotatable bonds is 3. The Morgan fingerprint density at radius 2 is 1.69 bits per heavy atom. The molecule has 4 aliphatic rings. The molecule has 0 spiro atoms. The van der Waals surface area contributed by atoms with Gasteiger partial charge in [0.1, 0.15) is 5.75 Å². The van der Waals surface area contributed by atoms with Crippen LogP contribution in [0.3, 0.4) is 0 Å². The van der Waals surface area contributed by atoms with E-state index < -0.39 is 5.72 Å². The Bertz CT molecular complexity index is 1110. The molecule has 2 aromatic rings. The largest absolute Gasteiger partial charge is 0.467 e. The van der Waals surface area contributed by atoms with Crippen molar-refractivity contribution in [2.24, 2.45) is 0 Å². The van der Waals surface area contributed by atoms with E-state index in [1.807, 2.05) is 60.4 Å². The Labute approximate surface area is 207 Å². The molecule has 2 saturated heterocycles. The van der Waals surface area contributed by atoms with Crippen LogP contribution >= 0.6 is 0 Å². The maximum Gasteiger partial charge on any atom is 0.325 e. The SMILES string of the molecule is CC12CC(NC(=O)N1c1ccc(C(=O)N3CCN(C4CCCCC4)CC3)cc1)c1ccccc1O2. The summed E-state index contributed by atoms with van der Waals surface area (Å²) in [5.41, 5.74) is 1.61. The lowest BCUT2D eigenvalue weighted by atomic mass is 9.90. The van der Waals surface area contributed by atoms with Gasteiger partial charge >= 0.3 is 6.03 Å². The minimum absolute atomic E-state index is 0.0667. The number of carbonyl (C=O) groups is 2. The summed E-state index contributed by atoms with van der Waals surface area (Å²) in [6.45, 7) is 5.43. The summed E-state index contributed by atoms with van der Waals surface area (Å²) in [6.07, 6.45) is 7.29. The number of hydrogen-bond donors (Lipinski definition) is 1. The molecule has 6 rings (SSSR count). The van der Waals surface area contributed by atoms with Gasteiger partial charge in [-0.3, -0.25) is 14.6 Å². The van der Waals surface area contributed by atoms with Gasteiger partial charge in [-0.15, -0.1) is 0 Å². The fraction of sp³-hybridized carbons (Fsp3) is 0.500. The van der Waals surface area contributed by atoms with Crippen LogP contribution in [0, 0.1) is 0 Å². The van der Waals surface area contributed by atoms with E-state index in [9.17, 15) is 9.59 Å². The van der Waals surface area contributed by atoms with Gasteiger partial charge in [0, 0.05) is 55.5 Å². The van der Waals surface area contributed by atoms with Crippen LogP contribution in [-0.2, 0) is 0 Å². The molecular formula is C28H34N4O3. The van der Waals surface area contributed by atoms with Crippen molar-refractivity contribution in [1.82, 2.24) is 15.1 Å². The summed E-state index contributed by atoms with van der Waals surface area (Å²) < 4.78 is 6.35. The third kappa shape index (κ3) is 4.05. The predicted octanol–water partition coefficient (Wildman–Crippen LogP) is 4.55. The minimum atomic E-state index is -0.789. The number of urea groups is 1. The zero-order valence-corrected chi connectivity index (χ0v) is 20.4. The van der Waals surface area contributed by atoms with Gasteiger partial charge in [-0.05, 0) is 50.1 Å². The van der Waals surface area contributed by atoms with Crippen molar-refractivity contribution in [2.75, 3.05) is 31.1 Å². The van der Waals surface area contributed by atoms with E-state index in [2.05, 4.69) is 10.2 Å². The molecule has 2 aromatic carbocycles. The van der Waals surface area contributed by atoms with E-state index in [4.69, 9.17) is 4.74 Å². The summed E-state index contributed by atoms with van der Waals surface area (Å²) in [5.74, 6) is 0.868. The van der Waals surface area contributed by atoms with E-state index in [1.165, 1.54) is 32.1 Å². The number of anilines is 1. The van der Waals surface area contributed by atoms with Crippen molar-refractivity contribution in [1.29, 1.82) is 0 Å². The molecule has 7 nitrogen and oxygen atoms in total. The zero-order chi connectivity index (χ0) is 24.0. The molecule has 0 aromatic heterocycles. The highest BCUT2D eigenvalue weighted by molar-refractivity contribution is 5.97. The Morgan fingerprint density at radius 1 is 0.971 bits per heavy atom. The first-order valence-electron chi connectivity index (χ1n) is 13.0. The maximum absolute atomic E-state index is 13.2. The van der Waals surface area contributed by atoms with Gasteiger partial charge in [0.15, 0.2) is 5.72 Å². The van der Waals surface area contributed by atoms with Crippen molar-refractivity contribution in [3.05, 3.63) is 59.7 Å². The van der Waals surface area contributed by atoms with E-state index in [1.54, 1.807) is 4.90 Å². The Kier molecular flexibility index (Phi) is 5.67. The number of piperazine rings is 1. The van der Waals surface area contributed by atoms with Gasteiger partial charge in [-0.1, -0.05) is 37.5 Å². The number of ether oxygens (including phenoxy) is 1. The molecule has 7 heteroatoms. The van der Waals surface area contributed by atoms with Gasteiger partial charge in [0.05, 0.1) is 6.04 Å². The van der Waals surface area contributed by atoms with Gasteiger partial charge < -0.3 is 15.0 Å². The van der Waals surface area contributed by atoms with E-state index in [0.717, 1.165) is 43.2 Å². The van der Waals surface area contributed by atoms with Crippen LogP contribution in [0.25, 0.3) is 0 Å². The van der Waals surface area contributed by atoms with Crippen LogP contribution < -0.4 is 15.0 Å². The van der Waals surface area contributed by atoms with Crippen LogP contribution in [0.1, 0.15) is 67.4 Å². The van der Waals surface area contributed by atoms with Crippen LogP contribution in [0.15, 0.2) is 48.5 Å². The Morgan fingerprint density at radius 3 is 2.43 bits per heavy atom. The summed E-state index contributed by atoms with van der Waals surface area (Å²) in [6, 6.07) is 15.7. The van der Waals surface area contributed by atoms with Gasteiger partial charge in [0.25, 0.3) is 5.91 Å². The molecular weight excluding hydrogens is 440 g/mol. The second-order valence-corrected chi connectivity index (χ2v) is 10.5. The van der Waals surface area contributed by atoms with Crippen LogP contribution in [-0.4, -0.2) is 59.7 Å². The van der Waals surface area contributed by atoms with Gasteiger partial charge in [-0.2, -0.15) is 0 Å². The summed E-state index contributed by atoms with van der Waals surface area (Å²) in [7, 11) is 0. The van der Waals surface area contributed by atoms with E-state index in [0.29, 0.717) is 18.0 Å². The number of hydrogen-bond acceptors (Lipinski definition) is 4. The second kappa shape index (κ2) is 8.86. The molecule has 2 unspecified atom stereocenters. The molecule has 1 aliphatic carbocycles. The first kappa shape index (κ1) is 22.4. The molecule has 0 radical (unpaired) electrons. The number of para-hydroxylation sites is 1. The van der Waals surface area contributed by atoms with Crippen molar-refractivity contribution in [3.8, 4) is 5.75 Å². The summed E-state index contributed by atoms with van der Waals surface area (Å²) in [5, 5.41) is 3.13. The number of nitrogens with one attached hydrogen (secondary N) is 1. The zero-order valence-electron chi connectivity index (χ0n) is 20.4. The number of amides is 3. The van der Waals surface area contributed by atoms with Crippen molar-refractivity contribution < 1.29 is 14.3 Å². The normalized spacial score (nSPS) is 27.1. The number of fused-ring (bicyclic) bond motifs is 4. The molecule has 35 heavy (non-hydrogen) atoms. The summed E-state index contributed by atoms with van der Waals surface area (Å²) in [4.78, 5) is 32.5. The highest BCUT2D eigenvalue weighted by atomic mass is 16.5. The molecule has 3 fully saturated rings. The quantitative estimate of drug-likeness (QED) is 0.709. The first-order valence-corrected chi connectivity index (χ1v) is 13.0. The Balaban J connectivity index is 1.14. The lowest BCUT2D eigenvalue weighted by Crippen LogP contribution is -2.65. The van der Waals surface area contributed by atoms with Crippen molar-refractivity contribution >= 4 is 17.6 Å². The monoisotopic (exact) mass is 474 g/mol. The third-order valence-corrected chi connectivity index (χ3v) is 8.25. The molecule has 3 aliphatic heterocycles. The lowest BCUT2D eigenvalue weighted by Gasteiger charge is -2.50. The fourth-order valence-corrected chi connectivity index (χ4v) is 6.39. The number of nitrogens with zero attached hydrogens (tertiary/aromatic N) is 3. The number of benzene rings is 2. The van der Waals surface area contributed by atoms with Crippen LogP contribution in [0.2, 0.25) is 0 Å². The van der Waals surface area contributed by atoms with Crippen molar-refractivity contribution in [3.63, 3.8) is 0 Å². The summed E-state index contributed by atoms with van der Waals surface area (Å²) >= 11 is 0. The van der Waals surface area contributed by atoms with E-state index >= 15 is 0 Å². The van der Waals surface area contributed by atoms with Gasteiger partial charge in [-0.25, -0.2) is 4.79 Å². The maximum atomic E-state index is 13.2. The smallest absolute Gasteiger partial charge is 0.325 e. The first-order chi connectivity index (χ1) is 17.0. The highest BCUT2D eigenvalue weighted by Gasteiger charge is 2.49. The molecule has 2 atom stereocenters. The molecule has 3 heterocycles. The van der Waals surface area contributed by atoms with E-state index in [-0.39, 0.29) is 18.0 Å². The molecule has 2 bridgehead atoms. The minimum Gasteiger partial charge on any atom is -0.467 e. The van der Waals surface area contributed by atoms with Crippen LogP contribution in [0.4, 0.5) is 10.5 Å². The van der Waals surface area contributed by atoms with Gasteiger partial charge in [0.2, 0.25) is 0 Å². The Hall–Kier alpha value is -3.06. The van der Waals surface area contributed by atoms with Crippen molar-refractivity contribution in [2.45, 2.75) is 63.3 Å². The lowest BCUT2D eigenvalue weighted by molar-refractivity contribution is 0.0379. The third-order valence-electron chi connectivity index (χ3n) is 8.25. The topological polar surface area (TPSA) is 65.1 Å². The second-order valence-electron chi connectivity index (χ2n) is 10.5. The highest BCUT2D eigenvalue weighted by Crippen LogP contribution is 2.45. The average molecular weight is 475 g/mol. The average Bonchev–Trinajstić information content (AvgIpc) is 2.89. The standard InChI is InChI=1S/C28H34N4O3/c1-28-19-24(23-9-5-6-10-25(23)35-28)29-27(34)32(28)22-13-11-20(12-14-22)26(33)31-17-15-30(16-18-31)21-7-3-2-4-8-21/h5-6,9-14,21,24H,2-4,7-8,15-19H2,1H3,(H,29,34). The molecule has 3 amide bonds.